The summed E-state index contributed by atoms with van der Waals surface area (Å²) in [6.45, 7) is 6.73. The van der Waals surface area contributed by atoms with Crippen LogP contribution in [-0.2, 0) is 22.6 Å². The summed E-state index contributed by atoms with van der Waals surface area (Å²) in [6.07, 6.45) is 3.10. The number of hydrogen-bond donors (Lipinski definition) is 2. The smallest absolute Gasteiger partial charge is 0.229 e. The lowest BCUT2D eigenvalue weighted by Crippen LogP contribution is -2.41. The molecule has 2 amide bonds. The van der Waals surface area contributed by atoms with Gasteiger partial charge in [0.15, 0.2) is 0 Å². The summed E-state index contributed by atoms with van der Waals surface area (Å²) in [4.78, 5) is 29.4. The van der Waals surface area contributed by atoms with Crippen LogP contribution in [0, 0.1) is 11.7 Å². The van der Waals surface area contributed by atoms with Crippen molar-refractivity contribution in [2.45, 2.75) is 45.2 Å². The van der Waals surface area contributed by atoms with E-state index in [0.29, 0.717) is 37.7 Å². The van der Waals surface area contributed by atoms with Crippen LogP contribution in [0.1, 0.15) is 37.3 Å². The van der Waals surface area contributed by atoms with Crippen LogP contribution in [0.4, 0.5) is 10.1 Å². The molecule has 9 heteroatoms. The first-order valence-electron chi connectivity index (χ1n) is 10.4. The van der Waals surface area contributed by atoms with E-state index in [2.05, 4.69) is 22.5 Å². The molecule has 0 saturated carbocycles. The van der Waals surface area contributed by atoms with Gasteiger partial charge >= 0.3 is 0 Å². The van der Waals surface area contributed by atoms with Gasteiger partial charge in [0.25, 0.3) is 0 Å². The second-order valence-electron chi connectivity index (χ2n) is 8.11. The first kappa shape index (κ1) is 24.9. The highest BCUT2D eigenvalue weighted by atomic mass is 35.5. The Hall–Kier alpha value is -1.41. The predicted octanol–water partition coefficient (Wildman–Crippen LogP) is 2.59. The second-order valence-corrected chi connectivity index (χ2v) is 8.11. The second kappa shape index (κ2) is 10.8. The average molecular weight is 461 g/mol. The lowest BCUT2D eigenvalue weighted by molar-refractivity contribution is -0.128. The third-order valence-corrected chi connectivity index (χ3v) is 6.39. The number of rotatable bonds is 5. The average Bonchev–Trinajstić information content (AvgIpc) is 3.31. The summed E-state index contributed by atoms with van der Waals surface area (Å²) >= 11 is 0. The molecule has 3 aliphatic rings. The fourth-order valence-electron chi connectivity index (χ4n) is 4.76. The molecule has 0 spiro atoms. The van der Waals surface area contributed by atoms with Crippen molar-refractivity contribution in [1.29, 1.82) is 0 Å². The van der Waals surface area contributed by atoms with Crippen molar-refractivity contribution in [3.8, 4) is 0 Å². The molecule has 2 atom stereocenters. The van der Waals surface area contributed by atoms with E-state index in [1.807, 2.05) is 11.0 Å². The van der Waals surface area contributed by atoms with Gasteiger partial charge in [0.2, 0.25) is 11.8 Å². The maximum Gasteiger partial charge on any atom is 0.229 e. The zero-order chi connectivity index (χ0) is 19.7. The Morgan fingerprint density at radius 2 is 2.13 bits per heavy atom. The minimum Gasteiger partial charge on any atom is -0.340 e. The molecule has 2 unspecified atom stereocenters. The van der Waals surface area contributed by atoms with Crippen LogP contribution < -0.4 is 10.6 Å². The van der Waals surface area contributed by atoms with Gasteiger partial charge in [-0.15, -0.1) is 24.8 Å². The van der Waals surface area contributed by atoms with E-state index in [1.54, 1.807) is 6.07 Å². The van der Waals surface area contributed by atoms with E-state index in [4.69, 9.17) is 0 Å². The largest absolute Gasteiger partial charge is 0.340 e. The molecule has 0 aromatic heterocycles. The van der Waals surface area contributed by atoms with Crippen LogP contribution >= 0.6 is 24.8 Å². The summed E-state index contributed by atoms with van der Waals surface area (Å²) in [7, 11) is 0. The number of amides is 2. The van der Waals surface area contributed by atoms with E-state index < -0.39 is 5.92 Å². The van der Waals surface area contributed by atoms with Crippen molar-refractivity contribution in [3.05, 3.63) is 29.1 Å². The first-order chi connectivity index (χ1) is 13.6. The van der Waals surface area contributed by atoms with E-state index in [9.17, 15) is 14.0 Å². The number of hydrogen-bond acceptors (Lipinski definition) is 4. The molecule has 4 rings (SSSR count). The molecule has 2 fully saturated rings. The number of carbonyl (C=O) groups excluding carboxylic acids is 2. The highest BCUT2D eigenvalue weighted by Crippen LogP contribution is 2.27. The number of fused-ring (bicyclic) bond motifs is 1. The highest BCUT2D eigenvalue weighted by Gasteiger charge is 2.37. The molecule has 30 heavy (non-hydrogen) atoms. The lowest BCUT2D eigenvalue weighted by atomic mass is 9.99. The Balaban J connectivity index is 0.00000160. The zero-order valence-corrected chi connectivity index (χ0v) is 18.9. The standard InChI is InChI=1S/C21H29FN4O2.2ClH/c1-2-25-9-3-4-16(25)13-26-12-15(10-19(26)27)21(28)24-18-6-5-14-11-23-8-7-17(14)20(18)22;;/h5-6,15-16,23H,2-4,7-13H2,1H3,(H,24,28);2*1H. The Bertz CT molecular complexity index is 780. The van der Waals surface area contributed by atoms with Gasteiger partial charge < -0.3 is 15.5 Å². The number of nitrogens with one attached hydrogen (secondary N) is 2. The quantitative estimate of drug-likeness (QED) is 0.708. The molecule has 1 aromatic rings. The maximum atomic E-state index is 14.8. The molecule has 0 bridgehead atoms. The Morgan fingerprint density at radius 3 is 2.90 bits per heavy atom. The van der Waals surface area contributed by atoms with Crippen LogP contribution in [0.15, 0.2) is 12.1 Å². The van der Waals surface area contributed by atoms with Crippen molar-refractivity contribution in [1.82, 2.24) is 15.1 Å². The number of likely N-dealkylation sites (tertiary alicyclic amines) is 2. The Kier molecular flexibility index (Phi) is 8.91. The van der Waals surface area contributed by atoms with Gasteiger partial charge in [-0.25, -0.2) is 4.39 Å². The summed E-state index contributed by atoms with van der Waals surface area (Å²) in [6, 6.07) is 3.89. The van der Waals surface area contributed by atoms with Gasteiger partial charge in [-0.1, -0.05) is 13.0 Å². The third kappa shape index (κ3) is 5.07. The van der Waals surface area contributed by atoms with Crippen LogP contribution in [0.25, 0.3) is 0 Å². The minimum atomic E-state index is -0.416. The van der Waals surface area contributed by atoms with E-state index in [-0.39, 0.29) is 54.6 Å². The number of carbonyl (C=O) groups is 2. The first-order valence-corrected chi connectivity index (χ1v) is 10.4. The molecule has 2 N–H and O–H groups in total. The monoisotopic (exact) mass is 460 g/mol. The van der Waals surface area contributed by atoms with E-state index in [1.165, 1.54) is 0 Å². The molecule has 0 aliphatic carbocycles. The fourth-order valence-corrected chi connectivity index (χ4v) is 4.76. The zero-order valence-electron chi connectivity index (χ0n) is 17.3. The summed E-state index contributed by atoms with van der Waals surface area (Å²) in [5.41, 5.74) is 1.85. The van der Waals surface area contributed by atoms with Crippen molar-refractivity contribution in [2.75, 3.05) is 38.0 Å². The Morgan fingerprint density at radius 1 is 1.33 bits per heavy atom. The van der Waals surface area contributed by atoms with Crippen LogP contribution in [0.3, 0.4) is 0 Å². The molecule has 1 aromatic carbocycles. The molecular formula is C21H31Cl2FN4O2. The molecule has 3 heterocycles. The Labute approximate surface area is 189 Å². The molecule has 2 saturated heterocycles. The maximum absolute atomic E-state index is 14.8. The van der Waals surface area contributed by atoms with Gasteiger partial charge in [-0.05, 0) is 56.1 Å². The van der Waals surface area contributed by atoms with Crippen molar-refractivity contribution >= 4 is 42.3 Å². The number of likely N-dealkylation sites (N-methyl/N-ethyl adjacent to an activating group) is 1. The molecule has 0 radical (unpaired) electrons. The van der Waals surface area contributed by atoms with E-state index in [0.717, 1.165) is 38.0 Å². The lowest BCUT2D eigenvalue weighted by Gasteiger charge is -2.27. The number of halogens is 3. The van der Waals surface area contributed by atoms with Gasteiger partial charge in [-0.3, -0.25) is 14.5 Å². The summed E-state index contributed by atoms with van der Waals surface area (Å²) < 4.78 is 14.8. The van der Waals surface area contributed by atoms with Crippen LogP contribution in [0.2, 0.25) is 0 Å². The SMILES string of the molecule is CCN1CCCC1CN1CC(C(=O)Nc2ccc3c(c2F)CCNC3)CC1=O.Cl.Cl. The van der Waals surface area contributed by atoms with Gasteiger partial charge in [0.05, 0.1) is 11.6 Å². The fraction of sp³-hybridized carbons (Fsp3) is 0.619. The van der Waals surface area contributed by atoms with Crippen molar-refractivity contribution < 1.29 is 14.0 Å². The molecule has 168 valence electrons. The summed E-state index contributed by atoms with van der Waals surface area (Å²) in [5.74, 6) is -0.985. The van der Waals surface area contributed by atoms with Gasteiger partial charge in [-0.2, -0.15) is 0 Å². The number of benzene rings is 1. The highest BCUT2D eigenvalue weighted by molar-refractivity contribution is 5.97. The number of nitrogens with zero attached hydrogens (tertiary/aromatic N) is 2. The van der Waals surface area contributed by atoms with Gasteiger partial charge in [0.1, 0.15) is 5.82 Å². The van der Waals surface area contributed by atoms with Crippen LogP contribution in [0.5, 0.6) is 0 Å². The normalized spacial score (nSPS) is 23.5. The third-order valence-electron chi connectivity index (χ3n) is 6.39. The topological polar surface area (TPSA) is 64.7 Å². The van der Waals surface area contributed by atoms with Crippen molar-refractivity contribution in [3.63, 3.8) is 0 Å². The van der Waals surface area contributed by atoms with Crippen molar-refractivity contribution in [2.24, 2.45) is 5.92 Å². The van der Waals surface area contributed by atoms with Crippen LogP contribution in [-0.4, -0.2) is 60.4 Å². The van der Waals surface area contributed by atoms with Gasteiger partial charge in [0, 0.05) is 32.1 Å². The minimum absolute atomic E-state index is 0. The number of anilines is 1. The summed E-state index contributed by atoms with van der Waals surface area (Å²) in [5, 5.41) is 5.95. The molecule has 3 aliphatic heterocycles. The molecular weight excluding hydrogens is 430 g/mol. The van der Waals surface area contributed by atoms with E-state index >= 15 is 0 Å². The molecule has 6 nitrogen and oxygen atoms in total. The predicted molar refractivity (Wildman–Crippen MR) is 120 cm³/mol.